The molecule has 0 atom stereocenters. The molecule has 5 nitrogen and oxygen atoms in total. The first-order valence-corrected chi connectivity index (χ1v) is 14.3. The summed E-state index contributed by atoms with van der Waals surface area (Å²) in [6.07, 6.45) is 0. The fourth-order valence-corrected chi connectivity index (χ4v) is 3.24. The van der Waals surface area contributed by atoms with E-state index in [1.54, 1.807) is 30.3 Å². The molecule has 0 saturated heterocycles. The minimum atomic E-state index is -2.23. The molecule has 0 heterocycles. The van der Waals surface area contributed by atoms with Crippen LogP contribution in [0, 0.1) is 5.92 Å². The Morgan fingerprint density at radius 3 is 1.52 bits per heavy atom. The van der Waals surface area contributed by atoms with Crippen molar-refractivity contribution in [1.82, 2.24) is 0 Å². The highest BCUT2D eigenvalue weighted by atomic mass is 28.4. The topological polar surface area (TPSA) is 69.7 Å². The Balaban J connectivity index is 3.13. The average Bonchev–Trinajstić information content (AvgIpc) is 2.35. The molecule has 0 aliphatic rings. The third kappa shape index (κ3) is 6.49. The van der Waals surface area contributed by atoms with Gasteiger partial charge >= 0.3 is 11.9 Å². The van der Waals surface area contributed by atoms with E-state index >= 15 is 0 Å². The molecule has 1 aromatic rings. The largest absolute Gasteiger partial charge is 0.519 e. The van der Waals surface area contributed by atoms with Gasteiger partial charge in [-0.05, 0) is 39.3 Å². The standard InChI is InChI=1S/C16H24O5Si2/c1-22(2,3)20-15(18)13(16(19)21-23(4,5)6)14(17)12-10-8-7-9-11-12/h7-11,13H,1-6H3. The minimum Gasteiger partial charge on any atom is -0.519 e. The average molecular weight is 353 g/mol. The lowest BCUT2D eigenvalue weighted by Gasteiger charge is -2.24. The highest BCUT2D eigenvalue weighted by molar-refractivity contribution is 6.72. The zero-order valence-corrected chi connectivity index (χ0v) is 16.5. The van der Waals surface area contributed by atoms with Crippen molar-refractivity contribution in [1.29, 1.82) is 0 Å². The van der Waals surface area contributed by atoms with Crippen molar-refractivity contribution in [3.05, 3.63) is 35.9 Å². The summed E-state index contributed by atoms with van der Waals surface area (Å²) in [4.78, 5) is 37.4. The normalized spacial score (nSPS) is 12.0. The lowest BCUT2D eigenvalue weighted by atomic mass is 9.98. The number of Topliss-reactive ketones (excluding diaryl/α,β-unsaturated/α-hetero) is 1. The van der Waals surface area contributed by atoms with Gasteiger partial charge in [-0.15, -0.1) is 0 Å². The van der Waals surface area contributed by atoms with E-state index in [1.807, 2.05) is 39.3 Å². The fraction of sp³-hybridized carbons (Fsp3) is 0.438. The molecule has 0 amide bonds. The number of carbonyl (C=O) groups excluding carboxylic acids is 3. The zero-order chi connectivity index (χ0) is 17.8. The second-order valence-corrected chi connectivity index (χ2v) is 16.1. The molecule has 0 aromatic heterocycles. The molecule has 1 aromatic carbocycles. The number of hydrogen-bond acceptors (Lipinski definition) is 5. The number of carbonyl (C=O) groups is 3. The molecular formula is C16H24O5Si2. The maximum Gasteiger partial charge on any atom is 0.315 e. The van der Waals surface area contributed by atoms with E-state index in [9.17, 15) is 14.4 Å². The van der Waals surface area contributed by atoms with Gasteiger partial charge in [0, 0.05) is 5.56 Å². The Bertz CT molecular complexity index is 557. The van der Waals surface area contributed by atoms with Gasteiger partial charge in [-0.25, -0.2) is 0 Å². The maximum absolute atomic E-state index is 12.6. The van der Waals surface area contributed by atoms with E-state index in [-0.39, 0.29) is 5.56 Å². The van der Waals surface area contributed by atoms with Gasteiger partial charge in [0.05, 0.1) is 0 Å². The molecule has 0 aliphatic heterocycles. The number of rotatable bonds is 6. The summed E-state index contributed by atoms with van der Waals surface area (Å²) < 4.78 is 10.7. The van der Waals surface area contributed by atoms with E-state index in [4.69, 9.17) is 8.85 Å². The van der Waals surface area contributed by atoms with E-state index in [1.165, 1.54) is 0 Å². The fourth-order valence-electron chi connectivity index (χ4n) is 1.80. The summed E-state index contributed by atoms with van der Waals surface area (Å²) in [6.45, 7) is 10.9. The molecule has 23 heavy (non-hydrogen) atoms. The summed E-state index contributed by atoms with van der Waals surface area (Å²) in [6, 6.07) is 8.25. The van der Waals surface area contributed by atoms with Crippen LogP contribution in [0.15, 0.2) is 30.3 Å². The van der Waals surface area contributed by atoms with Gasteiger partial charge in [-0.3, -0.25) is 14.4 Å². The third-order valence-electron chi connectivity index (χ3n) is 2.61. The third-order valence-corrected chi connectivity index (χ3v) is 4.23. The monoisotopic (exact) mass is 352 g/mol. The SMILES string of the molecule is C[Si](C)(C)OC(=O)C(C(=O)O[Si](C)(C)C)C(=O)c1ccccc1. The molecular weight excluding hydrogens is 328 g/mol. The molecule has 0 spiro atoms. The van der Waals surface area contributed by atoms with Gasteiger partial charge in [-0.1, -0.05) is 30.3 Å². The van der Waals surface area contributed by atoms with Crippen LogP contribution in [0.1, 0.15) is 10.4 Å². The predicted octanol–water partition coefficient (Wildman–Crippen LogP) is 3.24. The Morgan fingerprint density at radius 2 is 1.17 bits per heavy atom. The van der Waals surface area contributed by atoms with Crippen molar-refractivity contribution in [2.75, 3.05) is 0 Å². The molecule has 0 unspecified atom stereocenters. The van der Waals surface area contributed by atoms with Crippen LogP contribution in [0.5, 0.6) is 0 Å². The smallest absolute Gasteiger partial charge is 0.315 e. The van der Waals surface area contributed by atoms with Gasteiger partial charge in [0.15, 0.2) is 5.78 Å². The van der Waals surface area contributed by atoms with Crippen LogP contribution in [-0.2, 0) is 18.4 Å². The van der Waals surface area contributed by atoms with Crippen molar-refractivity contribution < 1.29 is 23.2 Å². The van der Waals surface area contributed by atoms with Gasteiger partial charge in [0.1, 0.15) is 0 Å². The molecule has 0 saturated carbocycles. The van der Waals surface area contributed by atoms with Crippen molar-refractivity contribution in [3.63, 3.8) is 0 Å². The predicted molar refractivity (Wildman–Crippen MR) is 93.1 cm³/mol. The van der Waals surface area contributed by atoms with Crippen molar-refractivity contribution >= 4 is 34.4 Å². The minimum absolute atomic E-state index is 0.289. The summed E-state index contributed by atoms with van der Waals surface area (Å²) in [5, 5.41) is 0. The van der Waals surface area contributed by atoms with Crippen LogP contribution in [-0.4, -0.2) is 34.4 Å². The maximum atomic E-state index is 12.6. The number of ketones is 1. The first-order chi connectivity index (χ1) is 10.4. The quantitative estimate of drug-likeness (QED) is 0.446. The highest BCUT2D eigenvalue weighted by Crippen LogP contribution is 2.18. The summed E-state index contributed by atoms with van der Waals surface area (Å²) in [5.74, 6) is -3.78. The molecule has 0 N–H and O–H groups in total. The Labute approximate surface area is 139 Å². The Hall–Kier alpha value is -1.74. The van der Waals surface area contributed by atoms with Gasteiger partial charge < -0.3 is 8.85 Å². The molecule has 0 aliphatic carbocycles. The molecule has 0 bridgehead atoms. The summed E-state index contributed by atoms with van der Waals surface area (Å²) in [7, 11) is -4.47. The second kappa shape index (κ2) is 7.22. The second-order valence-electron chi connectivity index (χ2n) is 7.23. The molecule has 0 radical (unpaired) electrons. The van der Waals surface area contributed by atoms with Crippen LogP contribution in [0.2, 0.25) is 39.3 Å². The summed E-state index contributed by atoms with van der Waals surface area (Å²) in [5.41, 5.74) is 0.289. The van der Waals surface area contributed by atoms with Gasteiger partial charge in [0.2, 0.25) is 22.6 Å². The van der Waals surface area contributed by atoms with Crippen LogP contribution < -0.4 is 0 Å². The van der Waals surface area contributed by atoms with E-state index in [2.05, 4.69) is 0 Å². The number of benzene rings is 1. The molecule has 0 fully saturated rings. The Kier molecular flexibility index (Phi) is 6.07. The molecule has 7 heteroatoms. The lowest BCUT2D eigenvalue weighted by molar-refractivity contribution is -0.149. The highest BCUT2D eigenvalue weighted by Gasteiger charge is 2.41. The molecule has 1 rings (SSSR count). The number of hydrogen-bond donors (Lipinski definition) is 0. The van der Waals surface area contributed by atoms with E-state index in [0.717, 1.165) is 0 Å². The summed E-state index contributed by atoms with van der Waals surface area (Å²) >= 11 is 0. The first-order valence-electron chi connectivity index (χ1n) is 7.46. The van der Waals surface area contributed by atoms with E-state index < -0.39 is 40.3 Å². The van der Waals surface area contributed by atoms with E-state index in [0.29, 0.717) is 0 Å². The van der Waals surface area contributed by atoms with Crippen molar-refractivity contribution in [3.8, 4) is 0 Å². The van der Waals surface area contributed by atoms with Crippen LogP contribution in [0.25, 0.3) is 0 Å². The van der Waals surface area contributed by atoms with Gasteiger partial charge in [0.25, 0.3) is 0 Å². The zero-order valence-electron chi connectivity index (χ0n) is 14.5. The molecule has 126 valence electrons. The van der Waals surface area contributed by atoms with Crippen LogP contribution in [0.3, 0.4) is 0 Å². The van der Waals surface area contributed by atoms with Crippen LogP contribution in [0.4, 0.5) is 0 Å². The first kappa shape index (κ1) is 19.3. The lowest BCUT2D eigenvalue weighted by Crippen LogP contribution is -2.43. The van der Waals surface area contributed by atoms with Crippen molar-refractivity contribution in [2.24, 2.45) is 5.92 Å². The van der Waals surface area contributed by atoms with Crippen LogP contribution >= 0.6 is 0 Å². The van der Waals surface area contributed by atoms with Crippen molar-refractivity contribution in [2.45, 2.75) is 39.3 Å². The Morgan fingerprint density at radius 1 is 0.783 bits per heavy atom. The van der Waals surface area contributed by atoms with Gasteiger partial charge in [-0.2, -0.15) is 0 Å².